The summed E-state index contributed by atoms with van der Waals surface area (Å²) in [6.07, 6.45) is 0. The smallest absolute Gasteiger partial charge is 0.331 e. The number of hydrogen-bond donors (Lipinski definition) is 1. The van der Waals surface area contributed by atoms with E-state index in [0.29, 0.717) is 11.3 Å². The van der Waals surface area contributed by atoms with Crippen LogP contribution in [0.2, 0.25) is 5.02 Å². The molecule has 3 rings (SSSR count). The highest BCUT2D eigenvalue weighted by Gasteiger charge is 2.49. The number of ether oxygens (including phenoxy) is 2. The first-order valence-electron chi connectivity index (χ1n) is 8.19. The molecule has 3 amide bonds. The van der Waals surface area contributed by atoms with Crippen molar-refractivity contribution in [1.29, 1.82) is 0 Å². The van der Waals surface area contributed by atoms with Crippen LogP contribution in [-0.4, -0.2) is 36.5 Å². The van der Waals surface area contributed by atoms with Gasteiger partial charge in [-0.1, -0.05) is 39.7 Å². The predicted molar refractivity (Wildman–Crippen MR) is 105 cm³/mol. The molecule has 0 radical (unpaired) electrons. The molecule has 0 bridgehead atoms. The fourth-order valence-electron chi connectivity index (χ4n) is 2.80. The first-order chi connectivity index (χ1) is 13.2. The highest BCUT2D eigenvalue weighted by atomic mass is 79.9. The van der Waals surface area contributed by atoms with E-state index in [0.717, 1.165) is 9.37 Å². The van der Waals surface area contributed by atoms with E-state index in [1.54, 1.807) is 43.3 Å². The molecule has 0 spiro atoms. The molecule has 0 saturated carbocycles. The van der Waals surface area contributed by atoms with Crippen LogP contribution in [0.15, 0.2) is 46.9 Å². The minimum atomic E-state index is -1.29. The zero-order valence-corrected chi connectivity index (χ0v) is 17.3. The number of urea groups is 1. The maximum Gasteiger partial charge on any atom is 0.331 e. The van der Waals surface area contributed by atoms with Crippen molar-refractivity contribution in [2.45, 2.75) is 12.5 Å². The Kier molecular flexibility index (Phi) is 5.62. The summed E-state index contributed by atoms with van der Waals surface area (Å²) in [6.45, 7) is 1.04. The van der Waals surface area contributed by atoms with Crippen molar-refractivity contribution in [2.75, 3.05) is 13.7 Å². The summed E-state index contributed by atoms with van der Waals surface area (Å²) in [4.78, 5) is 38.3. The Morgan fingerprint density at radius 2 is 1.89 bits per heavy atom. The van der Waals surface area contributed by atoms with Gasteiger partial charge in [0.05, 0.1) is 12.1 Å². The summed E-state index contributed by atoms with van der Waals surface area (Å²) in [5, 5.41) is 2.85. The van der Waals surface area contributed by atoms with Gasteiger partial charge < -0.3 is 14.8 Å². The van der Waals surface area contributed by atoms with Gasteiger partial charge in [-0.25, -0.2) is 9.59 Å². The van der Waals surface area contributed by atoms with Gasteiger partial charge in [-0.3, -0.25) is 9.69 Å². The minimum absolute atomic E-state index is 0.139. The zero-order valence-electron chi connectivity index (χ0n) is 15.0. The first kappa shape index (κ1) is 20.2. The number of nitrogens with one attached hydrogen (secondary N) is 1. The lowest BCUT2D eigenvalue weighted by Crippen LogP contribution is -2.41. The highest BCUT2D eigenvalue weighted by Crippen LogP contribution is 2.31. The maximum absolute atomic E-state index is 12.9. The number of hydrogen-bond acceptors (Lipinski definition) is 5. The molecule has 28 heavy (non-hydrogen) atoms. The van der Waals surface area contributed by atoms with Gasteiger partial charge in [0, 0.05) is 4.47 Å². The van der Waals surface area contributed by atoms with Gasteiger partial charge in [0.15, 0.2) is 0 Å². The SMILES string of the molecule is COc1ccc([C@]2(C)NC(=O)N(CC(=O)Oc3ccc(Br)cc3Cl)C2=O)cc1. The summed E-state index contributed by atoms with van der Waals surface area (Å²) in [5.41, 5.74) is -0.725. The van der Waals surface area contributed by atoms with Gasteiger partial charge in [-0.15, -0.1) is 0 Å². The monoisotopic (exact) mass is 466 g/mol. The number of imide groups is 1. The second-order valence-electron chi connectivity index (χ2n) is 6.22. The van der Waals surface area contributed by atoms with Crippen LogP contribution in [0, 0.1) is 0 Å². The Morgan fingerprint density at radius 3 is 2.50 bits per heavy atom. The minimum Gasteiger partial charge on any atom is -0.497 e. The van der Waals surface area contributed by atoms with E-state index in [1.165, 1.54) is 13.2 Å². The Bertz CT molecular complexity index is 950. The molecule has 2 aromatic rings. The molecule has 1 heterocycles. The molecule has 1 aliphatic rings. The van der Waals surface area contributed by atoms with Crippen molar-refractivity contribution >= 4 is 45.4 Å². The second-order valence-corrected chi connectivity index (χ2v) is 7.55. The summed E-state index contributed by atoms with van der Waals surface area (Å²) in [6, 6.07) is 10.8. The van der Waals surface area contributed by atoms with Crippen molar-refractivity contribution in [1.82, 2.24) is 10.2 Å². The van der Waals surface area contributed by atoms with Gasteiger partial charge in [0.25, 0.3) is 5.91 Å². The van der Waals surface area contributed by atoms with E-state index < -0.39 is 30.0 Å². The molecule has 146 valence electrons. The van der Waals surface area contributed by atoms with E-state index in [1.807, 2.05) is 0 Å². The second kappa shape index (κ2) is 7.81. The van der Waals surface area contributed by atoms with Crippen LogP contribution in [0.1, 0.15) is 12.5 Å². The van der Waals surface area contributed by atoms with Crippen molar-refractivity contribution in [3.05, 3.63) is 57.5 Å². The summed E-state index contributed by atoms with van der Waals surface area (Å²) in [7, 11) is 1.53. The van der Waals surface area contributed by atoms with Crippen LogP contribution in [0.4, 0.5) is 4.79 Å². The average molecular weight is 468 g/mol. The molecular weight excluding hydrogens is 452 g/mol. The largest absolute Gasteiger partial charge is 0.497 e. The van der Waals surface area contributed by atoms with Crippen LogP contribution in [0.3, 0.4) is 0 Å². The number of carbonyl (C=O) groups is 3. The zero-order chi connectivity index (χ0) is 20.5. The summed E-state index contributed by atoms with van der Waals surface area (Å²) in [5.74, 6) is -0.580. The first-order valence-corrected chi connectivity index (χ1v) is 9.36. The number of carbonyl (C=O) groups excluding carboxylic acids is 3. The van der Waals surface area contributed by atoms with E-state index >= 15 is 0 Å². The molecule has 0 aromatic heterocycles. The van der Waals surface area contributed by atoms with Gasteiger partial charge in [-0.05, 0) is 42.8 Å². The summed E-state index contributed by atoms with van der Waals surface area (Å²) < 4.78 is 11.0. The van der Waals surface area contributed by atoms with E-state index in [4.69, 9.17) is 21.1 Å². The lowest BCUT2D eigenvalue weighted by molar-refractivity contribution is -0.140. The molecule has 0 aliphatic carbocycles. The topological polar surface area (TPSA) is 84.9 Å². The maximum atomic E-state index is 12.9. The molecular formula is C19H16BrClN2O5. The highest BCUT2D eigenvalue weighted by molar-refractivity contribution is 9.10. The molecule has 1 atom stereocenters. The van der Waals surface area contributed by atoms with Crippen LogP contribution in [0.5, 0.6) is 11.5 Å². The number of methoxy groups -OCH3 is 1. The molecule has 0 unspecified atom stereocenters. The number of halogens is 2. The molecule has 1 saturated heterocycles. The van der Waals surface area contributed by atoms with Crippen LogP contribution in [-0.2, 0) is 15.1 Å². The predicted octanol–water partition coefficient (Wildman–Crippen LogP) is 3.48. The fourth-order valence-corrected chi connectivity index (χ4v) is 3.51. The van der Waals surface area contributed by atoms with Crippen LogP contribution < -0.4 is 14.8 Å². The third kappa shape index (κ3) is 3.83. The Morgan fingerprint density at radius 1 is 1.21 bits per heavy atom. The van der Waals surface area contributed by atoms with Crippen LogP contribution in [0.25, 0.3) is 0 Å². The van der Waals surface area contributed by atoms with Crippen molar-refractivity contribution in [3.8, 4) is 11.5 Å². The average Bonchev–Trinajstić information content (AvgIpc) is 2.88. The molecule has 2 aromatic carbocycles. The van der Waals surface area contributed by atoms with Gasteiger partial charge in [-0.2, -0.15) is 0 Å². The lowest BCUT2D eigenvalue weighted by atomic mass is 9.92. The summed E-state index contributed by atoms with van der Waals surface area (Å²) >= 11 is 9.27. The van der Waals surface area contributed by atoms with Crippen LogP contribution >= 0.6 is 27.5 Å². The molecule has 1 fully saturated rings. The number of esters is 1. The van der Waals surface area contributed by atoms with Gasteiger partial charge >= 0.3 is 12.0 Å². The number of nitrogens with zero attached hydrogens (tertiary/aromatic N) is 1. The van der Waals surface area contributed by atoms with Crippen molar-refractivity contribution in [3.63, 3.8) is 0 Å². The van der Waals surface area contributed by atoms with Crippen molar-refractivity contribution < 1.29 is 23.9 Å². The Labute approximate surface area is 174 Å². The molecule has 7 nitrogen and oxygen atoms in total. The molecule has 9 heteroatoms. The van der Waals surface area contributed by atoms with Crippen molar-refractivity contribution in [2.24, 2.45) is 0 Å². The third-order valence-electron chi connectivity index (χ3n) is 4.35. The third-order valence-corrected chi connectivity index (χ3v) is 5.14. The number of benzene rings is 2. The van der Waals surface area contributed by atoms with Gasteiger partial charge in [0.1, 0.15) is 23.6 Å². The number of amides is 3. The van der Waals surface area contributed by atoms with E-state index in [9.17, 15) is 14.4 Å². The molecule has 1 aliphatic heterocycles. The Hall–Kier alpha value is -2.58. The fraction of sp³-hybridized carbons (Fsp3) is 0.211. The van der Waals surface area contributed by atoms with Gasteiger partial charge in [0.2, 0.25) is 0 Å². The quantitative estimate of drug-likeness (QED) is 0.413. The normalized spacial score (nSPS) is 18.8. The van der Waals surface area contributed by atoms with E-state index in [-0.39, 0.29) is 10.8 Å². The lowest BCUT2D eigenvalue weighted by Gasteiger charge is -2.22. The molecule has 1 N–H and O–H groups in total. The standard InChI is InChI=1S/C19H16BrClN2O5/c1-19(11-3-6-13(27-2)7-4-11)17(25)23(18(26)22-19)10-16(24)28-15-8-5-12(20)9-14(15)21/h3-9H,10H2,1-2H3,(H,22,26)/t19-/m0/s1. The number of rotatable bonds is 5. The Balaban J connectivity index is 1.74. The van der Waals surface area contributed by atoms with E-state index in [2.05, 4.69) is 21.2 Å².